The maximum Gasteiger partial charge on any atom is 0.246 e. The fourth-order valence-electron chi connectivity index (χ4n) is 2.32. The number of nitrogens with two attached hydrogens (primary N) is 2. The van der Waals surface area contributed by atoms with E-state index in [2.05, 4.69) is 0 Å². The predicted molar refractivity (Wildman–Crippen MR) is 94.8 cm³/mol. The highest BCUT2D eigenvalue weighted by Gasteiger charge is 2.30. The van der Waals surface area contributed by atoms with Crippen LogP contribution in [0.25, 0.3) is 0 Å². The standard InChI is InChI=1S/C18H27N3O4/c1-14(13-22)21(18(24)16(20)9-5-6-11-19)17(23)10-12-25-15-7-3-2-4-8-15/h2-4,7-8,13-14,16H,5-6,9-12,19-20H2,1H3/t14-,16-/m0/s1. The van der Waals surface area contributed by atoms with Crippen LogP contribution < -0.4 is 16.2 Å². The topological polar surface area (TPSA) is 116 Å². The first kappa shape index (κ1) is 20.8. The number of carbonyl (C=O) groups is 3. The van der Waals surface area contributed by atoms with E-state index in [4.69, 9.17) is 16.2 Å². The van der Waals surface area contributed by atoms with Crippen molar-refractivity contribution in [1.82, 2.24) is 4.90 Å². The molecule has 1 aromatic carbocycles. The second-order valence-corrected chi connectivity index (χ2v) is 5.78. The lowest BCUT2D eigenvalue weighted by molar-refractivity contribution is -0.150. The molecule has 0 aliphatic carbocycles. The summed E-state index contributed by atoms with van der Waals surface area (Å²) in [5.74, 6) is -0.383. The van der Waals surface area contributed by atoms with Crippen LogP contribution in [0.3, 0.4) is 0 Å². The van der Waals surface area contributed by atoms with Crippen molar-refractivity contribution in [2.45, 2.75) is 44.7 Å². The normalized spacial score (nSPS) is 12.9. The highest BCUT2D eigenvalue weighted by Crippen LogP contribution is 2.11. The Morgan fingerprint density at radius 1 is 1.24 bits per heavy atom. The molecule has 1 rings (SSSR count). The van der Waals surface area contributed by atoms with Crippen LogP contribution in [-0.2, 0) is 14.4 Å². The van der Waals surface area contributed by atoms with Crippen molar-refractivity contribution in [3.8, 4) is 5.75 Å². The summed E-state index contributed by atoms with van der Waals surface area (Å²) in [6.45, 7) is 2.12. The Bertz CT molecular complexity index is 551. The monoisotopic (exact) mass is 349 g/mol. The summed E-state index contributed by atoms with van der Waals surface area (Å²) in [4.78, 5) is 36.9. The van der Waals surface area contributed by atoms with Crippen molar-refractivity contribution in [2.75, 3.05) is 13.2 Å². The molecular weight excluding hydrogens is 322 g/mol. The molecular formula is C18H27N3O4. The van der Waals surface area contributed by atoms with E-state index in [0.717, 1.165) is 11.3 Å². The highest BCUT2D eigenvalue weighted by molar-refractivity contribution is 6.00. The number of unbranched alkanes of at least 4 members (excludes halogenated alkanes) is 1. The highest BCUT2D eigenvalue weighted by atomic mass is 16.5. The van der Waals surface area contributed by atoms with Gasteiger partial charge in [0.1, 0.15) is 12.0 Å². The zero-order valence-corrected chi connectivity index (χ0v) is 14.6. The second-order valence-electron chi connectivity index (χ2n) is 5.78. The molecule has 0 aliphatic rings. The third-order valence-corrected chi connectivity index (χ3v) is 3.72. The van der Waals surface area contributed by atoms with Crippen LogP contribution in [0.15, 0.2) is 30.3 Å². The first-order chi connectivity index (χ1) is 12.0. The van der Waals surface area contributed by atoms with Gasteiger partial charge in [-0.25, -0.2) is 0 Å². The lowest BCUT2D eigenvalue weighted by Crippen LogP contribution is -2.51. The summed E-state index contributed by atoms with van der Waals surface area (Å²) in [7, 11) is 0. The maximum absolute atomic E-state index is 12.5. The maximum atomic E-state index is 12.5. The lowest BCUT2D eigenvalue weighted by atomic mass is 10.1. The van der Waals surface area contributed by atoms with Crippen molar-refractivity contribution in [1.29, 1.82) is 0 Å². The molecule has 2 amide bonds. The van der Waals surface area contributed by atoms with Gasteiger partial charge in [0, 0.05) is 0 Å². The van der Waals surface area contributed by atoms with Crippen LogP contribution in [0.4, 0.5) is 0 Å². The first-order valence-corrected chi connectivity index (χ1v) is 8.46. The van der Waals surface area contributed by atoms with Gasteiger partial charge in [-0.1, -0.05) is 24.6 Å². The van der Waals surface area contributed by atoms with Crippen LogP contribution in [0, 0.1) is 0 Å². The number of imide groups is 1. The smallest absolute Gasteiger partial charge is 0.246 e. The summed E-state index contributed by atoms with van der Waals surface area (Å²) >= 11 is 0. The summed E-state index contributed by atoms with van der Waals surface area (Å²) in [6, 6.07) is 7.36. The Balaban J connectivity index is 2.62. The van der Waals surface area contributed by atoms with Gasteiger partial charge in [0.2, 0.25) is 11.8 Å². The minimum Gasteiger partial charge on any atom is -0.493 e. The summed E-state index contributed by atoms with van der Waals surface area (Å²) in [5.41, 5.74) is 11.3. The average molecular weight is 349 g/mol. The molecule has 1 aromatic rings. The number of nitrogens with zero attached hydrogens (tertiary/aromatic N) is 1. The Hall–Kier alpha value is -2.25. The molecule has 4 N–H and O–H groups in total. The largest absolute Gasteiger partial charge is 0.493 e. The van der Waals surface area contributed by atoms with E-state index in [1.54, 1.807) is 12.1 Å². The summed E-state index contributed by atoms with van der Waals surface area (Å²) in [5, 5.41) is 0. The number of ether oxygens (including phenoxy) is 1. The third kappa shape index (κ3) is 7.03. The van der Waals surface area contributed by atoms with E-state index in [0.29, 0.717) is 31.4 Å². The van der Waals surface area contributed by atoms with E-state index < -0.39 is 23.9 Å². The van der Waals surface area contributed by atoms with Gasteiger partial charge in [-0.15, -0.1) is 0 Å². The fourth-order valence-corrected chi connectivity index (χ4v) is 2.32. The van der Waals surface area contributed by atoms with Crippen LogP contribution >= 0.6 is 0 Å². The molecule has 25 heavy (non-hydrogen) atoms. The van der Waals surface area contributed by atoms with E-state index in [1.807, 2.05) is 18.2 Å². The molecule has 0 aliphatic heterocycles. The quantitative estimate of drug-likeness (QED) is 0.452. The zero-order valence-electron chi connectivity index (χ0n) is 14.6. The van der Waals surface area contributed by atoms with Crippen LogP contribution in [-0.4, -0.2) is 48.2 Å². The number of rotatable bonds is 11. The molecule has 7 nitrogen and oxygen atoms in total. The third-order valence-electron chi connectivity index (χ3n) is 3.72. The SMILES string of the molecule is C[C@@H](C=O)N(C(=O)CCOc1ccccc1)C(=O)[C@@H](N)CCCCN. The van der Waals surface area contributed by atoms with Gasteiger partial charge in [0.15, 0.2) is 0 Å². The van der Waals surface area contributed by atoms with E-state index in [1.165, 1.54) is 6.92 Å². The predicted octanol–water partition coefficient (Wildman–Crippen LogP) is 0.854. The van der Waals surface area contributed by atoms with Crippen molar-refractivity contribution in [3.05, 3.63) is 30.3 Å². The minimum absolute atomic E-state index is 0.0195. The molecule has 0 heterocycles. The van der Waals surface area contributed by atoms with Crippen molar-refractivity contribution in [2.24, 2.45) is 11.5 Å². The van der Waals surface area contributed by atoms with Gasteiger partial charge in [-0.2, -0.15) is 0 Å². The molecule has 0 unspecified atom stereocenters. The first-order valence-electron chi connectivity index (χ1n) is 8.46. The minimum atomic E-state index is -0.864. The van der Waals surface area contributed by atoms with E-state index in [9.17, 15) is 14.4 Å². The summed E-state index contributed by atoms with van der Waals surface area (Å²) in [6.07, 6.45) is 2.40. The summed E-state index contributed by atoms with van der Waals surface area (Å²) < 4.78 is 5.47. The van der Waals surface area contributed by atoms with Crippen LogP contribution in [0.2, 0.25) is 0 Å². The number of hydrogen-bond donors (Lipinski definition) is 2. The second kappa shape index (κ2) is 11.3. The Morgan fingerprint density at radius 3 is 2.52 bits per heavy atom. The molecule has 0 saturated heterocycles. The molecule has 0 spiro atoms. The Kier molecular flexibility index (Phi) is 9.42. The van der Waals surface area contributed by atoms with Crippen molar-refractivity contribution in [3.63, 3.8) is 0 Å². The van der Waals surface area contributed by atoms with Crippen molar-refractivity contribution < 1.29 is 19.1 Å². The lowest BCUT2D eigenvalue weighted by Gasteiger charge is -2.26. The molecule has 0 fully saturated rings. The number of benzene rings is 1. The molecule has 2 atom stereocenters. The van der Waals surface area contributed by atoms with Crippen LogP contribution in [0.1, 0.15) is 32.6 Å². The number of carbonyl (C=O) groups excluding carboxylic acids is 3. The Labute approximate surface area is 148 Å². The molecule has 0 aromatic heterocycles. The fraction of sp³-hybridized carbons (Fsp3) is 0.500. The van der Waals surface area contributed by atoms with Crippen LogP contribution in [0.5, 0.6) is 5.75 Å². The van der Waals surface area contributed by atoms with E-state index in [-0.39, 0.29) is 13.0 Å². The van der Waals surface area contributed by atoms with Gasteiger partial charge in [0.25, 0.3) is 0 Å². The van der Waals surface area contributed by atoms with Gasteiger partial charge < -0.3 is 21.0 Å². The van der Waals surface area contributed by atoms with Gasteiger partial charge in [0.05, 0.1) is 25.1 Å². The number of amides is 2. The van der Waals surface area contributed by atoms with Gasteiger partial charge >= 0.3 is 0 Å². The van der Waals surface area contributed by atoms with E-state index >= 15 is 0 Å². The molecule has 138 valence electrons. The molecule has 7 heteroatoms. The van der Waals surface area contributed by atoms with Gasteiger partial charge in [-0.3, -0.25) is 14.5 Å². The molecule has 0 radical (unpaired) electrons. The van der Waals surface area contributed by atoms with Gasteiger partial charge in [-0.05, 0) is 38.4 Å². The number of para-hydroxylation sites is 1. The molecule has 0 saturated carbocycles. The zero-order chi connectivity index (χ0) is 18.7. The number of aldehydes is 1. The Morgan fingerprint density at radius 2 is 1.92 bits per heavy atom. The number of hydrogen-bond acceptors (Lipinski definition) is 6. The van der Waals surface area contributed by atoms with Crippen molar-refractivity contribution >= 4 is 18.1 Å². The molecule has 0 bridgehead atoms. The average Bonchev–Trinajstić information content (AvgIpc) is 2.62.